The van der Waals surface area contributed by atoms with Crippen LogP contribution in [0.5, 0.6) is 5.75 Å². The minimum atomic E-state index is 0.0449. The summed E-state index contributed by atoms with van der Waals surface area (Å²) in [5, 5.41) is 22.4. The van der Waals surface area contributed by atoms with Gasteiger partial charge in [-0.15, -0.1) is 10.2 Å². The van der Waals surface area contributed by atoms with Crippen molar-refractivity contribution in [2.45, 2.75) is 57.3 Å². The van der Waals surface area contributed by atoms with Crippen LogP contribution in [0.1, 0.15) is 39.5 Å². The first-order valence-electron chi connectivity index (χ1n) is 9.24. The van der Waals surface area contributed by atoms with Crippen LogP contribution < -0.4 is 5.32 Å². The van der Waals surface area contributed by atoms with Crippen molar-refractivity contribution in [3.8, 4) is 17.1 Å². The number of hydrogen-bond donors (Lipinski definition) is 2. The molecular weight excluding hydrogens is 348 g/mol. The van der Waals surface area contributed by atoms with E-state index >= 15 is 0 Å². The summed E-state index contributed by atoms with van der Waals surface area (Å²) >= 11 is 1.39. The van der Waals surface area contributed by atoms with E-state index in [1.54, 1.807) is 12.1 Å². The number of thioether (sulfide) groups is 1. The van der Waals surface area contributed by atoms with Gasteiger partial charge in [-0.05, 0) is 37.8 Å². The van der Waals surface area contributed by atoms with Gasteiger partial charge in [-0.25, -0.2) is 0 Å². The molecule has 1 aliphatic rings. The van der Waals surface area contributed by atoms with Gasteiger partial charge in [0.1, 0.15) is 5.75 Å². The van der Waals surface area contributed by atoms with Gasteiger partial charge in [-0.1, -0.05) is 43.7 Å². The molecule has 2 aromatic rings. The molecule has 7 heteroatoms. The average Bonchev–Trinajstić information content (AvgIpc) is 3.05. The summed E-state index contributed by atoms with van der Waals surface area (Å²) in [6.07, 6.45) is 4.71. The molecule has 140 valence electrons. The Balaban J connectivity index is 1.65. The maximum Gasteiger partial charge on any atom is 0.230 e. The zero-order chi connectivity index (χ0) is 18.5. The highest BCUT2D eigenvalue weighted by molar-refractivity contribution is 7.99. The van der Waals surface area contributed by atoms with Crippen molar-refractivity contribution in [1.82, 2.24) is 20.1 Å². The second-order valence-corrected chi connectivity index (χ2v) is 7.73. The Morgan fingerprint density at radius 3 is 2.81 bits per heavy atom. The predicted molar refractivity (Wildman–Crippen MR) is 103 cm³/mol. The van der Waals surface area contributed by atoms with Crippen LogP contribution in [0, 0.1) is 5.92 Å². The Labute approximate surface area is 158 Å². The molecule has 0 saturated heterocycles. The molecule has 3 rings (SSSR count). The van der Waals surface area contributed by atoms with Gasteiger partial charge in [0.15, 0.2) is 11.0 Å². The Morgan fingerprint density at radius 1 is 1.31 bits per heavy atom. The minimum absolute atomic E-state index is 0.0449. The first-order valence-corrected chi connectivity index (χ1v) is 10.2. The van der Waals surface area contributed by atoms with E-state index in [4.69, 9.17) is 0 Å². The maximum absolute atomic E-state index is 12.3. The average molecular weight is 375 g/mol. The van der Waals surface area contributed by atoms with Gasteiger partial charge in [-0.3, -0.25) is 4.79 Å². The molecule has 1 aromatic carbocycles. The number of aromatic hydroxyl groups is 1. The molecule has 1 heterocycles. The van der Waals surface area contributed by atoms with Gasteiger partial charge in [0, 0.05) is 12.6 Å². The molecule has 1 aromatic heterocycles. The number of phenolic OH excluding ortho intramolecular Hbond substituents is 1. The van der Waals surface area contributed by atoms with Crippen LogP contribution in [-0.2, 0) is 11.3 Å². The first kappa shape index (κ1) is 18.8. The molecule has 2 atom stereocenters. The largest absolute Gasteiger partial charge is 0.507 e. The second kappa shape index (κ2) is 8.58. The first-order chi connectivity index (χ1) is 12.6. The van der Waals surface area contributed by atoms with Gasteiger partial charge in [0.25, 0.3) is 0 Å². The summed E-state index contributed by atoms with van der Waals surface area (Å²) in [6, 6.07) is 7.37. The molecule has 0 radical (unpaired) electrons. The van der Waals surface area contributed by atoms with E-state index in [2.05, 4.69) is 22.4 Å². The number of benzene rings is 1. The Morgan fingerprint density at radius 2 is 2.08 bits per heavy atom. The second-order valence-electron chi connectivity index (χ2n) is 6.79. The Hall–Kier alpha value is -2.02. The minimum Gasteiger partial charge on any atom is -0.507 e. The molecule has 0 spiro atoms. The zero-order valence-electron chi connectivity index (χ0n) is 15.3. The van der Waals surface area contributed by atoms with Crippen molar-refractivity contribution in [2.75, 3.05) is 5.75 Å². The number of rotatable bonds is 6. The number of carbonyl (C=O) groups is 1. The van der Waals surface area contributed by atoms with Gasteiger partial charge in [0.2, 0.25) is 5.91 Å². The number of nitrogens with zero attached hydrogens (tertiary/aromatic N) is 3. The van der Waals surface area contributed by atoms with Crippen LogP contribution >= 0.6 is 11.8 Å². The number of phenols is 1. The summed E-state index contributed by atoms with van der Waals surface area (Å²) in [5.41, 5.74) is 0.647. The van der Waals surface area contributed by atoms with Crippen molar-refractivity contribution in [3.63, 3.8) is 0 Å². The molecule has 6 nitrogen and oxygen atoms in total. The maximum atomic E-state index is 12.3. The molecule has 0 aliphatic heterocycles. The fourth-order valence-corrected chi connectivity index (χ4v) is 4.27. The van der Waals surface area contributed by atoms with Gasteiger partial charge < -0.3 is 15.0 Å². The normalized spacial score (nSPS) is 20.1. The van der Waals surface area contributed by atoms with Crippen molar-refractivity contribution in [2.24, 2.45) is 5.92 Å². The highest BCUT2D eigenvalue weighted by Crippen LogP contribution is 2.30. The lowest BCUT2D eigenvalue weighted by Gasteiger charge is -2.29. The predicted octanol–water partition coefficient (Wildman–Crippen LogP) is 3.46. The third-order valence-electron chi connectivity index (χ3n) is 4.97. The van der Waals surface area contributed by atoms with Gasteiger partial charge in [-0.2, -0.15) is 0 Å². The van der Waals surface area contributed by atoms with Crippen LogP contribution in [0.25, 0.3) is 11.4 Å². The van der Waals surface area contributed by atoms with Crippen LogP contribution in [0.2, 0.25) is 0 Å². The fraction of sp³-hybridized carbons (Fsp3) is 0.526. The SMILES string of the molecule is CCn1c(SCC(=O)N[C@@H]2CCCC[C@@H]2C)nnc1-c1ccccc1O. The third-order valence-corrected chi connectivity index (χ3v) is 5.94. The topological polar surface area (TPSA) is 80.0 Å². The fourth-order valence-electron chi connectivity index (χ4n) is 3.45. The molecule has 1 aliphatic carbocycles. The number of amides is 1. The van der Waals surface area contributed by atoms with E-state index in [0.29, 0.717) is 34.8 Å². The lowest BCUT2D eigenvalue weighted by atomic mass is 9.86. The van der Waals surface area contributed by atoms with Crippen molar-refractivity contribution >= 4 is 17.7 Å². The number of hydrogen-bond acceptors (Lipinski definition) is 5. The zero-order valence-corrected chi connectivity index (χ0v) is 16.1. The Bertz CT molecular complexity index is 762. The smallest absolute Gasteiger partial charge is 0.230 e. The molecular formula is C19H26N4O2S. The third kappa shape index (κ3) is 4.20. The highest BCUT2D eigenvalue weighted by atomic mass is 32.2. The summed E-state index contributed by atoms with van der Waals surface area (Å²) in [6.45, 7) is 4.88. The van der Waals surface area contributed by atoms with E-state index < -0.39 is 0 Å². The summed E-state index contributed by atoms with van der Waals surface area (Å²) in [7, 11) is 0. The van der Waals surface area contributed by atoms with Crippen molar-refractivity contribution in [1.29, 1.82) is 0 Å². The van der Waals surface area contributed by atoms with Crippen LogP contribution in [0.4, 0.5) is 0 Å². The molecule has 1 saturated carbocycles. The van der Waals surface area contributed by atoms with E-state index in [9.17, 15) is 9.90 Å². The summed E-state index contributed by atoms with van der Waals surface area (Å²) in [4.78, 5) is 12.3. The quantitative estimate of drug-likeness (QED) is 0.757. The molecule has 2 N–H and O–H groups in total. The molecule has 0 bridgehead atoms. The lowest BCUT2D eigenvalue weighted by molar-refractivity contribution is -0.119. The van der Waals surface area contributed by atoms with E-state index in [1.807, 2.05) is 23.6 Å². The monoisotopic (exact) mass is 374 g/mol. The number of para-hydroxylation sites is 1. The van der Waals surface area contributed by atoms with Crippen molar-refractivity contribution < 1.29 is 9.90 Å². The molecule has 0 unspecified atom stereocenters. The summed E-state index contributed by atoms with van der Waals surface area (Å²) in [5.74, 6) is 1.71. The molecule has 1 fully saturated rings. The number of carbonyl (C=O) groups excluding carboxylic acids is 1. The van der Waals surface area contributed by atoms with Crippen LogP contribution in [0.3, 0.4) is 0 Å². The molecule has 26 heavy (non-hydrogen) atoms. The van der Waals surface area contributed by atoms with E-state index in [1.165, 1.54) is 31.0 Å². The Kier molecular flexibility index (Phi) is 6.19. The lowest BCUT2D eigenvalue weighted by Crippen LogP contribution is -2.41. The van der Waals surface area contributed by atoms with Crippen LogP contribution in [0.15, 0.2) is 29.4 Å². The van der Waals surface area contributed by atoms with Gasteiger partial charge in [0.05, 0.1) is 11.3 Å². The number of nitrogens with one attached hydrogen (secondary N) is 1. The van der Waals surface area contributed by atoms with Gasteiger partial charge >= 0.3 is 0 Å². The standard InChI is InChI=1S/C19H26N4O2S/c1-3-23-18(14-9-5-7-11-16(14)24)21-22-19(23)26-12-17(25)20-15-10-6-4-8-13(15)2/h5,7,9,11,13,15,24H,3-4,6,8,10,12H2,1-2H3,(H,20,25)/t13-,15+/m0/s1. The van der Waals surface area contributed by atoms with E-state index in [-0.39, 0.29) is 17.7 Å². The van der Waals surface area contributed by atoms with Crippen LogP contribution in [-0.4, -0.2) is 37.6 Å². The van der Waals surface area contributed by atoms with Crippen molar-refractivity contribution in [3.05, 3.63) is 24.3 Å². The highest BCUT2D eigenvalue weighted by Gasteiger charge is 2.23. The number of aromatic nitrogens is 3. The summed E-state index contributed by atoms with van der Waals surface area (Å²) < 4.78 is 1.93. The van der Waals surface area contributed by atoms with E-state index in [0.717, 1.165) is 6.42 Å². The molecule has 1 amide bonds.